The van der Waals surface area contributed by atoms with Crippen molar-refractivity contribution < 1.29 is 9.53 Å². The highest BCUT2D eigenvalue weighted by atomic mass is 16.6. The lowest BCUT2D eigenvalue weighted by atomic mass is 10.1. The molecule has 74 valence electrons. The van der Waals surface area contributed by atoms with Gasteiger partial charge in [-0.15, -0.1) is 0 Å². The Labute approximate surface area is 83.9 Å². The summed E-state index contributed by atoms with van der Waals surface area (Å²) in [6.07, 6.45) is 2.07. The maximum Gasteiger partial charge on any atom is 0.194 e. The average Bonchev–Trinajstić information content (AvgIpc) is 2.98. The van der Waals surface area contributed by atoms with E-state index in [-0.39, 0.29) is 18.0 Å². The molecular weight excluding hydrogens is 176 g/mol. The van der Waals surface area contributed by atoms with Gasteiger partial charge in [0.25, 0.3) is 0 Å². The molecule has 0 aliphatic carbocycles. The predicted octanol–water partition coefficient (Wildman–Crippen LogP) is 2.44. The normalized spacial score (nSPS) is 24.6. The van der Waals surface area contributed by atoms with Crippen molar-refractivity contribution in [2.75, 3.05) is 0 Å². The van der Waals surface area contributed by atoms with Crippen molar-refractivity contribution in [2.45, 2.75) is 32.0 Å². The van der Waals surface area contributed by atoms with Gasteiger partial charge in [0.2, 0.25) is 0 Å². The first-order valence-electron chi connectivity index (χ1n) is 5.07. The summed E-state index contributed by atoms with van der Waals surface area (Å²) in [6, 6.07) is 9.35. The van der Waals surface area contributed by atoms with E-state index in [9.17, 15) is 4.79 Å². The molecule has 1 heterocycles. The number of epoxide rings is 1. The second-order valence-corrected chi connectivity index (χ2v) is 3.61. The van der Waals surface area contributed by atoms with Crippen LogP contribution in [0.2, 0.25) is 0 Å². The van der Waals surface area contributed by atoms with Crippen molar-refractivity contribution in [2.24, 2.45) is 0 Å². The number of rotatable bonds is 4. The van der Waals surface area contributed by atoms with Gasteiger partial charge in [-0.2, -0.15) is 0 Å². The summed E-state index contributed by atoms with van der Waals surface area (Å²) in [5.41, 5.74) is 0.760. The Hall–Kier alpha value is -1.15. The van der Waals surface area contributed by atoms with Gasteiger partial charge in [0.1, 0.15) is 6.10 Å². The Morgan fingerprint density at radius 3 is 2.71 bits per heavy atom. The van der Waals surface area contributed by atoms with Gasteiger partial charge in [-0.1, -0.05) is 43.7 Å². The lowest BCUT2D eigenvalue weighted by Gasteiger charge is -1.95. The van der Waals surface area contributed by atoms with Crippen LogP contribution in [0.15, 0.2) is 30.3 Å². The number of carbonyl (C=O) groups is 1. The molecule has 0 N–H and O–H groups in total. The van der Waals surface area contributed by atoms with E-state index in [1.165, 1.54) is 0 Å². The molecule has 14 heavy (non-hydrogen) atoms. The number of ether oxygens (including phenoxy) is 1. The third-order valence-electron chi connectivity index (χ3n) is 2.47. The summed E-state index contributed by atoms with van der Waals surface area (Å²) < 4.78 is 5.32. The zero-order chi connectivity index (χ0) is 9.97. The number of carbonyl (C=O) groups excluding carboxylic acids is 1. The van der Waals surface area contributed by atoms with Gasteiger partial charge in [0.05, 0.1) is 6.10 Å². The maximum absolute atomic E-state index is 11.8. The van der Waals surface area contributed by atoms with E-state index in [4.69, 9.17) is 4.74 Å². The SMILES string of the molecule is CCC[C@H]1O[C@H]1C(=O)c1ccccc1. The van der Waals surface area contributed by atoms with Gasteiger partial charge in [0.15, 0.2) is 5.78 Å². The zero-order valence-electron chi connectivity index (χ0n) is 8.27. The zero-order valence-corrected chi connectivity index (χ0v) is 8.27. The first-order valence-corrected chi connectivity index (χ1v) is 5.07. The molecule has 0 amide bonds. The minimum absolute atomic E-state index is 0.129. The molecule has 0 radical (unpaired) electrons. The van der Waals surface area contributed by atoms with E-state index < -0.39 is 0 Å². The van der Waals surface area contributed by atoms with E-state index in [1.54, 1.807) is 0 Å². The molecule has 0 saturated carbocycles. The van der Waals surface area contributed by atoms with E-state index in [2.05, 4.69) is 6.92 Å². The number of hydrogen-bond donors (Lipinski definition) is 0. The number of Topliss-reactive ketones (excluding diaryl/α,β-unsaturated/α-hetero) is 1. The van der Waals surface area contributed by atoms with Crippen molar-refractivity contribution >= 4 is 5.78 Å². The molecule has 0 unspecified atom stereocenters. The van der Waals surface area contributed by atoms with Gasteiger partial charge in [0, 0.05) is 5.56 Å². The van der Waals surface area contributed by atoms with Crippen LogP contribution in [0.5, 0.6) is 0 Å². The van der Waals surface area contributed by atoms with Crippen LogP contribution < -0.4 is 0 Å². The summed E-state index contributed by atoms with van der Waals surface area (Å²) in [5, 5.41) is 0. The highest BCUT2D eigenvalue weighted by Crippen LogP contribution is 2.29. The molecule has 2 atom stereocenters. The summed E-state index contributed by atoms with van der Waals surface area (Å²) in [5.74, 6) is 0.129. The van der Waals surface area contributed by atoms with Gasteiger partial charge in [-0.3, -0.25) is 4.79 Å². The monoisotopic (exact) mass is 190 g/mol. The molecular formula is C12H14O2. The molecule has 2 nitrogen and oxygen atoms in total. The highest BCUT2D eigenvalue weighted by Gasteiger charge is 2.43. The van der Waals surface area contributed by atoms with Crippen LogP contribution in [0.25, 0.3) is 0 Å². The van der Waals surface area contributed by atoms with Gasteiger partial charge in [-0.25, -0.2) is 0 Å². The van der Waals surface area contributed by atoms with E-state index in [0.29, 0.717) is 0 Å². The molecule has 1 aliphatic heterocycles. The van der Waals surface area contributed by atoms with Crippen LogP contribution in [0, 0.1) is 0 Å². The number of ketones is 1. The van der Waals surface area contributed by atoms with E-state index in [0.717, 1.165) is 18.4 Å². The number of hydrogen-bond acceptors (Lipinski definition) is 2. The topological polar surface area (TPSA) is 29.6 Å². The largest absolute Gasteiger partial charge is 0.361 e. The van der Waals surface area contributed by atoms with Crippen LogP contribution in [-0.4, -0.2) is 18.0 Å². The molecule has 1 fully saturated rings. The summed E-state index contributed by atoms with van der Waals surface area (Å²) in [6.45, 7) is 2.10. The fourth-order valence-corrected chi connectivity index (χ4v) is 1.64. The third-order valence-corrected chi connectivity index (χ3v) is 2.47. The molecule has 0 aromatic heterocycles. The minimum Gasteiger partial charge on any atom is -0.361 e. The molecule has 1 aliphatic rings. The predicted molar refractivity (Wildman–Crippen MR) is 54.3 cm³/mol. The molecule has 1 aromatic rings. The first kappa shape index (κ1) is 9.41. The molecule has 2 heteroatoms. The highest BCUT2D eigenvalue weighted by molar-refractivity contribution is 6.01. The van der Waals surface area contributed by atoms with Crippen molar-refractivity contribution in [1.82, 2.24) is 0 Å². The Kier molecular flexibility index (Phi) is 2.64. The lowest BCUT2D eigenvalue weighted by molar-refractivity contribution is 0.0953. The van der Waals surface area contributed by atoms with Crippen LogP contribution in [-0.2, 0) is 4.74 Å². The van der Waals surface area contributed by atoms with Gasteiger partial charge < -0.3 is 4.74 Å². The van der Waals surface area contributed by atoms with Crippen LogP contribution in [0.1, 0.15) is 30.1 Å². The number of benzene rings is 1. The Morgan fingerprint density at radius 2 is 2.07 bits per heavy atom. The molecule has 2 rings (SSSR count). The van der Waals surface area contributed by atoms with Crippen LogP contribution in [0.4, 0.5) is 0 Å². The standard InChI is InChI=1S/C12H14O2/c1-2-6-10-12(14-10)11(13)9-7-4-3-5-8-9/h3-5,7-8,10,12H,2,6H2,1H3/t10-,12-/m1/s1. The summed E-state index contributed by atoms with van der Waals surface area (Å²) >= 11 is 0. The first-order chi connectivity index (χ1) is 6.83. The second-order valence-electron chi connectivity index (χ2n) is 3.61. The van der Waals surface area contributed by atoms with Gasteiger partial charge >= 0.3 is 0 Å². The van der Waals surface area contributed by atoms with Crippen molar-refractivity contribution in [1.29, 1.82) is 0 Å². The fraction of sp³-hybridized carbons (Fsp3) is 0.417. The summed E-state index contributed by atoms with van der Waals surface area (Å²) in [4.78, 5) is 11.8. The Bertz CT molecular complexity index is 318. The van der Waals surface area contributed by atoms with Crippen molar-refractivity contribution in [3.05, 3.63) is 35.9 Å². The quantitative estimate of drug-likeness (QED) is 0.539. The Morgan fingerprint density at radius 1 is 1.36 bits per heavy atom. The van der Waals surface area contributed by atoms with Crippen molar-refractivity contribution in [3.63, 3.8) is 0 Å². The maximum atomic E-state index is 11.8. The minimum atomic E-state index is -0.169. The van der Waals surface area contributed by atoms with Crippen LogP contribution >= 0.6 is 0 Å². The molecule has 1 aromatic carbocycles. The van der Waals surface area contributed by atoms with Crippen molar-refractivity contribution in [3.8, 4) is 0 Å². The second kappa shape index (κ2) is 3.93. The third kappa shape index (κ3) is 1.85. The smallest absolute Gasteiger partial charge is 0.194 e. The van der Waals surface area contributed by atoms with E-state index >= 15 is 0 Å². The lowest BCUT2D eigenvalue weighted by Crippen LogP contribution is -2.09. The fourth-order valence-electron chi connectivity index (χ4n) is 1.64. The Balaban J connectivity index is 1.98. The average molecular weight is 190 g/mol. The molecule has 0 bridgehead atoms. The summed E-state index contributed by atoms with van der Waals surface area (Å²) in [7, 11) is 0. The van der Waals surface area contributed by atoms with Crippen LogP contribution in [0.3, 0.4) is 0 Å². The van der Waals surface area contributed by atoms with E-state index in [1.807, 2.05) is 30.3 Å². The molecule has 1 saturated heterocycles. The molecule has 0 spiro atoms. The van der Waals surface area contributed by atoms with Gasteiger partial charge in [-0.05, 0) is 6.42 Å².